The number of hydrogen-bond donors (Lipinski definition) is 1. The number of pyridine rings is 1. The number of aromatic nitrogens is 3. The van der Waals surface area contributed by atoms with Crippen molar-refractivity contribution >= 4 is 5.69 Å². The number of alkyl halides is 3. The summed E-state index contributed by atoms with van der Waals surface area (Å²) in [5, 5.41) is 16.2. The zero-order chi connectivity index (χ0) is 17.9. The van der Waals surface area contributed by atoms with Crippen molar-refractivity contribution in [3.63, 3.8) is 0 Å². The number of nitrogens with one attached hydrogen (secondary N) is 1. The van der Waals surface area contributed by atoms with Crippen molar-refractivity contribution in [2.24, 2.45) is 0 Å². The van der Waals surface area contributed by atoms with Crippen LogP contribution < -0.4 is 5.32 Å². The molecule has 0 saturated heterocycles. The monoisotopic (exact) mass is 343 g/mol. The zero-order valence-corrected chi connectivity index (χ0v) is 12.8. The van der Waals surface area contributed by atoms with Gasteiger partial charge in [-0.25, -0.2) is 9.67 Å². The van der Waals surface area contributed by atoms with Gasteiger partial charge in [-0.1, -0.05) is 6.07 Å². The van der Waals surface area contributed by atoms with E-state index >= 15 is 0 Å². The van der Waals surface area contributed by atoms with Crippen LogP contribution in [-0.2, 0) is 12.7 Å². The van der Waals surface area contributed by atoms with Gasteiger partial charge in [-0.15, -0.1) is 0 Å². The number of nitrogens with zero attached hydrogens (tertiary/aromatic N) is 4. The standard InChI is InChI=1S/C17H12F3N5/c18-17(19,20)14-4-5-15(13(9-14)10-21)23-11-12-3-1-6-22-16(12)25-8-2-7-24-25/h1-9,23H,11H2. The van der Waals surface area contributed by atoms with Gasteiger partial charge in [0.1, 0.15) is 6.07 Å². The van der Waals surface area contributed by atoms with E-state index in [1.807, 2.05) is 6.07 Å². The molecule has 1 N–H and O–H groups in total. The van der Waals surface area contributed by atoms with Crippen molar-refractivity contribution in [3.05, 3.63) is 71.7 Å². The van der Waals surface area contributed by atoms with Gasteiger partial charge in [-0.2, -0.15) is 23.5 Å². The summed E-state index contributed by atoms with van der Waals surface area (Å²) in [5.74, 6) is 0.602. The van der Waals surface area contributed by atoms with Crippen LogP contribution in [0.25, 0.3) is 5.82 Å². The van der Waals surface area contributed by atoms with Gasteiger partial charge in [0, 0.05) is 30.7 Å². The molecule has 0 fully saturated rings. The van der Waals surface area contributed by atoms with Gasteiger partial charge in [0.2, 0.25) is 0 Å². The Labute approximate surface area is 141 Å². The van der Waals surface area contributed by atoms with Crippen LogP contribution in [0, 0.1) is 11.3 Å². The van der Waals surface area contributed by atoms with Crippen LogP contribution in [0.2, 0.25) is 0 Å². The van der Waals surface area contributed by atoms with Crippen LogP contribution in [-0.4, -0.2) is 14.8 Å². The number of hydrogen-bond acceptors (Lipinski definition) is 4. The van der Waals surface area contributed by atoms with Gasteiger partial charge in [-0.3, -0.25) is 0 Å². The van der Waals surface area contributed by atoms with E-state index in [2.05, 4.69) is 15.4 Å². The molecule has 0 amide bonds. The molecule has 1 aromatic carbocycles. The molecule has 0 radical (unpaired) electrons. The number of benzene rings is 1. The smallest absolute Gasteiger partial charge is 0.380 e. The average Bonchev–Trinajstić information content (AvgIpc) is 3.13. The van der Waals surface area contributed by atoms with Crippen LogP contribution in [0.1, 0.15) is 16.7 Å². The Bertz CT molecular complexity index is 911. The summed E-state index contributed by atoms with van der Waals surface area (Å²) in [4.78, 5) is 4.27. The van der Waals surface area contributed by atoms with E-state index in [0.717, 1.165) is 17.7 Å². The normalized spacial score (nSPS) is 11.1. The Morgan fingerprint density at radius 3 is 2.68 bits per heavy atom. The highest BCUT2D eigenvalue weighted by Crippen LogP contribution is 2.31. The minimum Gasteiger partial charge on any atom is -0.380 e. The van der Waals surface area contributed by atoms with Crippen molar-refractivity contribution < 1.29 is 13.2 Å². The van der Waals surface area contributed by atoms with Gasteiger partial charge in [0.25, 0.3) is 0 Å². The summed E-state index contributed by atoms with van der Waals surface area (Å²) < 4.78 is 39.8. The lowest BCUT2D eigenvalue weighted by Gasteiger charge is -2.13. The Kier molecular flexibility index (Phi) is 4.39. The van der Waals surface area contributed by atoms with Crippen molar-refractivity contribution in [1.82, 2.24) is 14.8 Å². The molecule has 8 heteroatoms. The summed E-state index contributed by atoms with van der Waals surface area (Å²) in [6.45, 7) is 0.281. The molecule has 5 nitrogen and oxygen atoms in total. The predicted octanol–water partition coefficient (Wildman–Crippen LogP) is 3.77. The third-order valence-electron chi connectivity index (χ3n) is 3.53. The van der Waals surface area contributed by atoms with Crippen molar-refractivity contribution in [3.8, 4) is 11.9 Å². The second-order valence-corrected chi connectivity index (χ2v) is 5.16. The van der Waals surface area contributed by atoms with E-state index in [1.54, 1.807) is 41.5 Å². The van der Waals surface area contributed by atoms with Crippen molar-refractivity contribution in [1.29, 1.82) is 5.26 Å². The first-order valence-corrected chi connectivity index (χ1v) is 7.28. The summed E-state index contributed by atoms with van der Waals surface area (Å²) in [5.41, 5.74) is 0.188. The highest BCUT2D eigenvalue weighted by atomic mass is 19.4. The second-order valence-electron chi connectivity index (χ2n) is 5.16. The molecular formula is C17H12F3N5. The van der Waals surface area contributed by atoms with E-state index in [-0.39, 0.29) is 12.1 Å². The third-order valence-corrected chi connectivity index (χ3v) is 3.53. The first kappa shape index (κ1) is 16.5. The van der Waals surface area contributed by atoms with Crippen LogP contribution in [0.3, 0.4) is 0 Å². The van der Waals surface area contributed by atoms with Crippen LogP contribution >= 0.6 is 0 Å². The zero-order valence-electron chi connectivity index (χ0n) is 12.8. The molecule has 0 aliphatic carbocycles. The molecule has 3 aromatic rings. The molecule has 2 heterocycles. The molecule has 0 spiro atoms. The highest BCUT2D eigenvalue weighted by Gasteiger charge is 2.31. The van der Waals surface area contributed by atoms with Crippen molar-refractivity contribution in [2.75, 3.05) is 5.32 Å². The van der Waals surface area contributed by atoms with Gasteiger partial charge in [0.05, 0.1) is 16.8 Å². The average molecular weight is 343 g/mol. The largest absolute Gasteiger partial charge is 0.416 e. The molecule has 25 heavy (non-hydrogen) atoms. The van der Waals surface area contributed by atoms with Gasteiger partial charge < -0.3 is 5.32 Å². The summed E-state index contributed by atoms with van der Waals surface area (Å²) in [6, 6.07) is 10.2. The first-order chi connectivity index (χ1) is 12.0. The topological polar surface area (TPSA) is 66.5 Å². The maximum Gasteiger partial charge on any atom is 0.416 e. The van der Waals surface area contributed by atoms with Crippen molar-refractivity contribution in [2.45, 2.75) is 12.7 Å². The van der Waals surface area contributed by atoms with Gasteiger partial charge in [-0.05, 0) is 30.3 Å². The maximum atomic E-state index is 12.7. The molecule has 2 aromatic heterocycles. The lowest BCUT2D eigenvalue weighted by atomic mass is 10.1. The summed E-state index contributed by atoms with van der Waals surface area (Å²) in [6.07, 6.45) is 0.500. The van der Waals surface area contributed by atoms with E-state index in [4.69, 9.17) is 5.26 Å². The van der Waals surface area contributed by atoms with Crippen LogP contribution in [0.4, 0.5) is 18.9 Å². The fourth-order valence-corrected chi connectivity index (χ4v) is 2.33. The molecule has 0 aliphatic rings. The minimum atomic E-state index is -4.49. The molecule has 0 aliphatic heterocycles. The Hall–Kier alpha value is -3.34. The molecular weight excluding hydrogens is 331 g/mol. The Balaban J connectivity index is 1.85. The number of nitriles is 1. The van der Waals surface area contributed by atoms with Crippen LogP contribution in [0.5, 0.6) is 0 Å². The van der Waals surface area contributed by atoms with Gasteiger partial charge in [0.15, 0.2) is 5.82 Å². The number of halogens is 3. The maximum absolute atomic E-state index is 12.7. The molecule has 0 bridgehead atoms. The van der Waals surface area contributed by atoms with Gasteiger partial charge >= 0.3 is 6.18 Å². The molecule has 0 saturated carbocycles. The second kappa shape index (κ2) is 6.65. The Morgan fingerprint density at radius 1 is 1.16 bits per heavy atom. The fraction of sp³-hybridized carbons (Fsp3) is 0.118. The summed E-state index contributed by atoms with van der Waals surface area (Å²) >= 11 is 0. The predicted molar refractivity (Wildman–Crippen MR) is 84.8 cm³/mol. The number of anilines is 1. The third kappa shape index (κ3) is 3.61. The van der Waals surface area contributed by atoms with E-state index in [9.17, 15) is 13.2 Å². The lowest BCUT2D eigenvalue weighted by Crippen LogP contribution is -2.09. The number of rotatable bonds is 4. The quantitative estimate of drug-likeness (QED) is 0.783. The molecule has 126 valence electrons. The summed E-state index contributed by atoms with van der Waals surface area (Å²) in [7, 11) is 0. The fourth-order valence-electron chi connectivity index (χ4n) is 2.33. The highest BCUT2D eigenvalue weighted by molar-refractivity contribution is 5.59. The SMILES string of the molecule is N#Cc1cc(C(F)(F)F)ccc1NCc1cccnc1-n1cccn1. The molecule has 0 atom stereocenters. The molecule has 0 unspecified atom stereocenters. The molecule has 3 rings (SSSR count). The lowest BCUT2D eigenvalue weighted by molar-refractivity contribution is -0.137. The van der Waals surface area contributed by atoms with Crippen LogP contribution in [0.15, 0.2) is 55.0 Å². The first-order valence-electron chi connectivity index (χ1n) is 7.28. The minimum absolute atomic E-state index is 0.0700. The van der Waals surface area contributed by atoms with E-state index in [1.165, 1.54) is 6.07 Å². The van der Waals surface area contributed by atoms with E-state index in [0.29, 0.717) is 11.5 Å². The Morgan fingerprint density at radius 2 is 2.00 bits per heavy atom. The van der Waals surface area contributed by atoms with E-state index < -0.39 is 11.7 Å².